The average molecular weight is 745 g/mol. The van der Waals surface area contributed by atoms with E-state index in [1.165, 1.54) is 11.8 Å². The molecule has 272 valence electrons. The van der Waals surface area contributed by atoms with Gasteiger partial charge in [0.15, 0.2) is 5.58 Å². The van der Waals surface area contributed by atoms with E-state index in [4.69, 9.17) is 9.15 Å². The van der Waals surface area contributed by atoms with E-state index in [1.807, 2.05) is 122 Å². The van der Waals surface area contributed by atoms with Crippen molar-refractivity contribution in [3.8, 4) is 17.2 Å². The number of hydrogen-bond donors (Lipinski definition) is 3. The molecule has 0 aliphatic rings. The molecule has 3 amide bonds. The Balaban J connectivity index is 1.06. The van der Waals surface area contributed by atoms with Crippen molar-refractivity contribution in [2.75, 3.05) is 17.2 Å². The van der Waals surface area contributed by atoms with Crippen LogP contribution in [0.5, 0.6) is 5.75 Å². The number of oxazole rings is 1. The molecule has 7 rings (SSSR count). The highest BCUT2D eigenvalue weighted by molar-refractivity contribution is 8.00. The van der Waals surface area contributed by atoms with E-state index < -0.39 is 17.1 Å². The maximum atomic E-state index is 13.8. The molecule has 7 aromatic rings. The lowest BCUT2D eigenvalue weighted by Gasteiger charge is -2.18. The second-order valence-electron chi connectivity index (χ2n) is 12.3. The predicted molar refractivity (Wildman–Crippen MR) is 218 cm³/mol. The number of aromatic nitrogens is 1. The summed E-state index contributed by atoms with van der Waals surface area (Å²) in [7, 11) is 0. The molecule has 55 heavy (non-hydrogen) atoms. The third-order valence-electron chi connectivity index (χ3n) is 8.45. The van der Waals surface area contributed by atoms with Gasteiger partial charge in [-0.05, 0) is 97.4 Å². The Morgan fingerprint density at radius 2 is 1.36 bits per heavy atom. The smallest absolute Gasteiger partial charge is 0.272 e. The molecule has 1 heterocycles. The van der Waals surface area contributed by atoms with Gasteiger partial charge in [-0.3, -0.25) is 14.4 Å². The summed E-state index contributed by atoms with van der Waals surface area (Å²) in [4.78, 5) is 46.0. The van der Waals surface area contributed by atoms with Gasteiger partial charge in [0.05, 0.1) is 6.61 Å². The lowest BCUT2D eigenvalue weighted by Crippen LogP contribution is -2.30. The van der Waals surface area contributed by atoms with Gasteiger partial charge in [0, 0.05) is 33.0 Å². The number of amides is 3. The fourth-order valence-electron chi connectivity index (χ4n) is 5.74. The predicted octanol–water partition coefficient (Wildman–Crippen LogP) is 9.78. The summed E-state index contributed by atoms with van der Waals surface area (Å²) in [6.07, 6.45) is 1.59. The summed E-state index contributed by atoms with van der Waals surface area (Å²) in [6, 6.07) is 47.7. The Kier molecular flexibility index (Phi) is 11.4. The first kappa shape index (κ1) is 36.4. The van der Waals surface area contributed by atoms with E-state index in [-0.39, 0.29) is 11.6 Å². The minimum absolute atomic E-state index is 0.0437. The topological polar surface area (TPSA) is 123 Å². The number of para-hydroxylation sites is 3. The molecule has 1 atom stereocenters. The van der Waals surface area contributed by atoms with Crippen LogP contribution in [0.2, 0.25) is 0 Å². The number of nitrogens with zero attached hydrogens (tertiary/aromatic N) is 1. The number of anilines is 2. The second kappa shape index (κ2) is 17.3. The summed E-state index contributed by atoms with van der Waals surface area (Å²) in [6.45, 7) is 2.32. The quantitative estimate of drug-likeness (QED) is 0.0794. The van der Waals surface area contributed by atoms with Crippen molar-refractivity contribution in [1.82, 2.24) is 10.3 Å². The van der Waals surface area contributed by atoms with E-state index >= 15 is 0 Å². The zero-order chi connectivity index (χ0) is 38.0. The standard InChI is InChI=1S/C45H36N4O5S/c1-2-53-39-19-11-9-17-33(39)29-38(48-42(50)31-15-7-4-8-16-31)43(51)46-35-25-27-36(28-26-35)55-41(30-13-5-3-6-14-30)44(52)47-34-23-21-32(22-24-34)45-49-37-18-10-12-20-40(37)54-45/h3-29,41H,2H2,1H3,(H,46,51)(H,47,52)(H,48,50)/b38-29-. The van der Waals surface area contributed by atoms with Gasteiger partial charge in [-0.2, -0.15) is 0 Å². The molecule has 0 spiro atoms. The van der Waals surface area contributed by atoms with E-state index in [0.717, 1.165) is 21.5 Å². The van der Waals surface area contributed by atoms with Crippen LogP contribution < -0.4 is 20.7 Å². The van der Waals surface area contributed by atoms with Crippen molar-refractivity contribution in [3.63, 3.8) is 0 Å². The summed E-state index contributed by atoms with van der Waals surface area (Å²) < 4.78 is 11.7. The Morgan fingerprint density at radius 3 is 2.09 bits per heavy atom. The third kappa shape index (κ3) is 9.19. The van der Waals surface area contributed by atoms with Crippen LogP contribution in [0.4, 0.5) is 11.4 Å². The molecule has 10 heteroatoms. The first-order chi connectivity index (χ1) is 26.9. The van der Waals surface area contributed by atoms with Gasteiger partial charge in [-0.15, -0.1) is 11.8 Å². The van der Waals surface area contributed by atoms with Gasteiger partial charge in [-0.1, -0.05) is 78.9 Å². The molecule has 0 fully saturated rings. The van der Waals surface area contributed by atoms with E-state index in [1.54, 1.807) is 48.5 Å². The minimum atomic E-state index is -0.577. The lowest BCUT2D eigenvalue weighted by atomic mass is 10.1. The highest BCUT2D eigenvalue weighted by Gasteiger charge is 2.23. The van der Waals surface area contributed by atoms with E-state index in [0.29, 0.717) is 46.3 Å². The van der Waals surface area contributed by atoms with Crippen molar-refractivity contribution >= 4 is 58.0 Å². The third-order valence-corrected chi connectivity index (χ3v) is 9.71. The van der Waals surface area contributed by atoms with Crippen molar-refractivity contribution in [3.05, 3.63) is 180 Å². The van der Waals surface area contributed by atoms with Crippen LogP contribution in [0, 0.1) is 0 Å². The van der Waals surface area contributed by atoms with E-state index in [2.05, 4.69) is 20.9 Å². The van der Waals surface area contributed by atoms with Crippen molar-refractivity contribution in [2.45, 2.75) is 17.1 Å². The highest BCUT2D eigenvalue weighted by atomic mass is 32.2. The van der Waals surface area contributed by atoms with Crippen LogP contribution in [-0.4, -0.2) is 29.3 Å². The van der Waals surface area contributed by atoms with Gasteiger partial charge >= 0.3 is 0 Å². The first-order valence-electron chi connectivity index (χ1n) is 17.6. The maximum absolute atomic E-state index is 13.8. The number of thioether (sulfide) groups is 1. The Labute approximate surface area is 322 Å². The molecule has 1 aromatic heterocycles. The minimum Gasteiger partial charge on any atom is -0.493 e. The lowest BCUT2D eigenvalue weighted by molar-refractivity contribution is -0.116. The molecular weight excluding hydrogens is 709 g/mol. The molecule has 0 saturated heterocycles. The molecule has 0 aliphatic carbocycles. The number of fused-ring (bicyclic) bond motifs is 1. The summed E-state index contributed by atoms with van der Waals surface area (Å²) >= 11 is 1.39. The van der Waals surface area contributed by atoms with Crippen molar-refractivity contribution in [1.29, 1.82) is 0 Å². The summed E-state index contributed by atoms with van der Waals surface area (Å²) in [5.41, 5.74) is 5.36. The maximum Gasteiger partial charge on any atom is 0.272 e. The van der Waals surface area contributed by atoms with Crippen LogP contribution in [0.15, 0.2) is 173 Å². The zero-order valence-corrected chi connectivity index (χ0v) is 30.6. The average Bonchev–Trinajstić information content (AvgIpc) is 3.66. The van der Waals surface area contributed by atoms with Gasteiger partial charge in [0.2, 0.25) is 11.8 Å². The van der Waals surface area contributed by atoms with Gasteiger partial charge < -0.3 is 25.1 Å². The largest absolute Gasteiger partial charge is 0.493 e. The van der Waals surface area contributed by atoms with Crippen molar-refractivity contribution < 1.29 is 23.5 Å². The van der Waals surface area contributed by atoms with Crippen molar-refractivity contribution in [2.24, 2.45) is 0 Å². The number of benzene rings is 6. The molecule has 0 saturated carbocycles. The normalized spacial score (nSPS) is 11.8. The number of carbonyl (C=O) groups excluding carboxylic acids is 3. The number of ether oxygens (including phenoxy) is 1. The Bertz CT molecular complexity index is 2420. The first-order valence-corrected chi connectivity index (χ1v) is 18.5. The Hall–Kier alpha value is -6.91. The molecule has 0 aliphatic heterocycles. The highest BCUT2D eigenvalue weighted by Crippen LogP contribution is 2.37. The zero-order valence-electron chi connectivity index (χ0n) is 29.8. The molecule has 1 unspecified atom stereocenters. The monoisotopic (exact) mass is 744 g/mol. The fraction of sp³-hybridized carbons (Fsp3) is 0.0667. The summed E-state index contributed by atoms with van der Waals surface area (Å²) in [5, 5.41) is 8.15. The van der Waals surface area contributed by atoms with Gasteiger partial charge in [0.25, 0.3) is 11.8 Å². The molecule has 0 radical (unpaired) electrons. The molecule has 6 aromatic carbocycles. The van der Waals surface area contributed by atoms with Gasteiger partial charge in [-0.25, -0.2) is 4.98 Å². The Morgan fingerprint density at radius 1 is 0.727 bits per heavy atom. The molecule has 0 bridgehead atoms. The van der Waals surface area contributed by atoms with Crippen LogP contribution in [0.3, 0.4) is 0 Å². The molecule has 3 N–H and O–H groups in total. The van der Waals surface area contributed by atoms with Crippen LogP contribution in [0.25, 0.3) is 28.6 Å². The van der Waals surface area contributed by atoms with Crippen LogP contribution >= 0.6 is 11.8 Å². The number of nitrogens with one attached hydrogen (secondary N) is 3. The second-order valence-corrected chi connectivity index (χ2v) is 13.5. The van der Waals surface area contributed by atoms with Crippen LogP contribution in [-0.2, 0) is 9.59 Å². The molecule has 9 nitrogen and oxygen atoms in total. The number of carbonyl (C=O) groups is 3. The fourth-order valence-corrected chi connectivity index (χ4v) is 6.76. The summed E-state index contributed by atoms with van der Waals surface area (Å²) in [5.74, 6) is -0.0433. The van der Waals surface area contributed by atoms with E-state index in [9.17, 15) is 14.4 Å². The van der Waals surface area contributed by atoms with Gasteiger partial charge in [0.1, 0.15) is 22.2 Å². The van der Waals surface area contributed by atoms with Crippen LogP contribution in [0.1, 0.15) is 33.7 Å². The number of rotatable bonds is 13. The number of hydrogen-bond acceptors (Lipinski definition) is 7. The SMILES string of the molecule is CCOc1ccccc1/C=C(\NC(=O)c1ccccc1)C(=O)Nc1ccc(SC(C(=O)Nc2ccc(-c3nc4ccccc4o3)cc2)c2ccccc2)cc1. The molecular formula is C45H36N4O5S.